The van der Waals surface area contributed by atoms with E-state index in [9.17, 15) is 4.79 Å². The first-order valence-corrected chi connectivity index (χ1v) is 12.6. The molecular weight excluding hydrogens is 418 g/mol. The predicted octanol–water partition coefficient (Wildman–Crippen LogP) is 5.65. The third-order valence-electron chi connectivity index (χ3n) is 9.27. The van der Waals surface area contributed by atoms with Crippen molar-refractivity contribution >= 4 is 23.1 Å². The predicted molar refractivity (Wildman–Crippen MR) is 130 cm³/mol. The molecule has 0 N–H and O–H groups in total. The number of allylic oxidation sites excluding steroid dienone is 4. The van der Waals surface area contributed by atoms with E-state index >= 15 is 0 Å². The number of nitrogens with zero attached hydrogens (tertiary/aromatic N) is 3. The molecule has 3 aliphatic carbocycles. The normalized spacial score (nSPS) is 36.4. The average Bonchev–Trinajstić information content (AvgIpc) is 3.11. The molecule has 1 aromatic heterocycles. The highest BCUT2D eigenvalue weighted by atomic mass is 35.5. The zero-order valence-electron chi connectivity index (χ0n) is 19.9. The maximum absolute atomic E-state index is 12.9. The van der Waals surface area contributed by atoms with Gasteiger partial charge in [-0.3, -0.25) is 4.79 Å². The third kappa shape index (κ3) is 3.28. The molecule has 1 aromatic rings. The molecule has 2 heterocycles. The summed E-state index contributed by atoms with van der Waals surface area (Å²) in [5, 5.41) is 0.628. The van der Waals surface area contributed by atoms with Crippen molar-refractivity contribution < 1.29 is 4.79 Å². The maximum Gasteiger partial charge on any atom is 0.226 e. The number of hydrogen-bond acceptors (Lipinski definition) is 3. The average molecular weight is 454 g/mol. The summed E-state index contributed by atoms with van der Waals surface area (Å²) >= 11 is 6.53. The standard InChI is InChI=1S/C27H36ClN3O/c1-26-13-11-22-18(20(26)8-9-21(26)19-6-5-15-29-25(19)28)7-10-23-27(22,2)14-12-24(32)31(23)17-16-30(3)4/h5-6,9-10,15,18,20,22H,7-8,11-14,16-17H2,1-4H3/t18-,20-,22-,26-,27+/m0/s1. The first-order chi connectivity index (χ1) is 15.3. The molecule has 172 valence electrons. The zero-order valence-corrected chi connectivity index (χ0v) is 20.7. The minimum atomic E-state index is 0.110. The summed E-state index contributed by atoms with van der Waals surface area (Å²) in [6.07, 6.45) is 13.0. The third-order valence-corrected chi connectivity index (χ3v) is 9.58. The van der Waals surface area contributed by atoms with Gasteiger partial charge in [0, 0.05) is 42.4 Å². The number of fused-ring (bicyclic) bond motifs is 5. The molecule has 0 unspecified atom stereocenters. The Morgan fingerprint density at radius 3 is 2.72 bits per heavy atom. The summed E-state index contributed by atoms with van der Waals surface area (Å²) in [4.78, 5) is 21.5. The number of hydrogen-bond donors (Lipinski definition) is 0. The van der Waals surface area contributed by atoms with Crippen LogP contribution in [0.3, 0.4) is 0 Å². The van der Waals surface area contributed by atoms with Crippen LogP contribution in [-0.2, 0) is 4.79 Å². The molecule has 0 spiro atoms. The van der Waals surface area contributed by atoms with Crippen LogP contribution in [0.15, 0.2) is 36.2 Å². The number of halogens is 1. The van der Waals surface area contributed by atoms with E-state index in [1.807, 2.05) is 6.07 Å². The van der Waals surface area contributed by atoms with E-state index in [4.69, 9.17) is 11.6 Å². The van der Waals surface area contributed by atoms with Crippen LogP contribution in [0.5, 0.6) is 0 Å². The number of aromatic nitrogens is 1. The molecule has 4 aliphatic rings. The van der Waals surface area contributed by atoms with Crippen molar-refractivity contribution in [3.05, 3.63) is 46.9 Å². The quantitative estimate of drug-likeness (QED) is 0.553. The van der Waals surface area contributed by atoms with E-state index in [-0.39, 0.29) is 10.8 Å². The summed E-state index contributed by atoms with van der Waals surface area (Å²) in [7, 11) is 4.17. The molecule has 4 nitrogen and oxygen atoms in total. The Labute approximate surface area is 197 Å². The number of carbonyl (C=O) groups is 1. The Morgan fingerprint density at radius 2 is 1.97 bits per heavy atom. The lowest BCUT2D eigenvalue weighted by Gasteiger charge is -2.58. The molecular formula is C27H36ClN3O. The van der Waals surface area contributed by atoms with Crippen LogP contribution in [0.1, 0.15) is 57.9 Å². The fourth-order valence-electron chi connectivity index (χ4n) is 7.56. The Hall–Kier alpha value is -1.65. The van der Waals surface area contributed by atoms with Crippen molar-refractivity contribution in [1.29, 1.82) is 0 Å². The van der Waals surface area contributed by atoms with Gasteiger partial charge in [0.1, 0.15) is 5.15 Å². The molecule has 0 aromatic carbocycles. The van der Waals surface area contributed by atoms with Crippen LogP contribution in [0.25, 0.3) is 5.57 Å². The van der Waals surface area contributed by atoms with Crippen LogP contribution in [0.2, 0.25) is 5.15 Å². The number of pyridine rings is 1. The van der Waals surface area contributed by atoms with E-state index in [1.165, 1.54) is 24.1 Å². The minimum absolute atomic E-state index is 0.110. The van der Waals surface area contributed by atoms with Crippen molar-refractivity contribution in [2.45, 2.75) is 52.4 Å². The van der Waals surface area contributed by atoms with Crippen LogP contribution >= 0.6 is 11.6 Å². The molecule has 5 rings (SSSR count). The second kappa shape index (κ2) is 7.99. The van der Waals surface area contributed by atoms with Crippen molar-refractivity contribution in [3.8, 4) is 0 Å². The highest BCUT2D eigenvalue weighted by molar-refractivity contribution is 6.31. The molecule has 1 saturated carbocycles. The van der Waals surface area contributed by atoms with Crippen molar-refractivity contribution in [1.82, 2.24) is 14.8 Å². The smallest absolute Gasteiger partial charge is 0.226 e. The highest BCUT2D eigenvalue weighted by Gasteiger charge is 2.58. The second-order valence-corrected chi connectivity index (χ2v) is 11.5. The lowest BCUT2D eigenvalue weighted by atomic mass is 9.49. The van der Waals surface area contributed by atoms with Gasteiger partial charge in [-0.15, -0.1) is 0 Å². The summed E-state index contributed by atoms with van der Waals surface area (Å²) in [6, 6.07) is 4.14. The van der Waals surface area contributed by atoms with Gasteiger partial charge in [-0.1, -0.05) is 43.7 Å². The maximum atomic E-state index is 12.9. The van der Waals surface area contributed by atoms with Crippen LogP contribution in [0, 0.1) is 28.6 Å². The minimum Gasteiger partial charge on any atom is -0.315 e. The Balaban J connectivity index is 1.45. The van der Waals surface area contributed by atoms with E-state index in [0.29, 0.717) is 35.2 Å². The first kappa shape index (κ1) is 22.2. The molecule has 0 bridgehead atoms. The summed E-state index contributed by atoms with van der Waals surface area (Å²) in [5.41, 5.74) is 4.12. The number of likely N-dealkylation sites (N-methyl/N-ethyl adjacent to an activating group) is 1. The van der Waals surface area contributed by atoms with Gasteiger partial charge in [0.15, 0.2) is 0 Å². The number of likely N-dealkylation sites (tertiary alicyclic amines) is 1. The van der Waals surface area contributed by atoms with Gasteiger partial charge in [-0.25, -0.2) is 4.98 Å². The number of rotatable bonds is 4. The first-order valence-electron chi connectivity index (χ1n) is 12.2. The van der Waals surface area contributed by atoms with Gasteiger partial charge in [0.25, 0.3) is 0 Å². The van der Waals surface area contributed by atoms with Gasteiger partial charge in [-0.2, -0.15) is 0 Å². The Morgan fingerprint density at radius 1 is 1.16 bits per heavy atom. The molecule has 2 fully saturated rings. The van der Waals surface area contributed by atoms with E-state index in [2.05, 4.69) is 60.9 Å². The van der Waals surface area contributed by atoms with Crippen LogP contribution < -0.4 is 0 Å². The SMILES string of the molecule is CN(C)CCN1C(=O)CC[C@@]2(C)C1=CC[C@@H]1[C@@H]2CC[C@]2(C)C(c3cccnc3Cl)=CC[C@@H]12. The summed E-state index contributed by atoms with van der Waals surface area (Å²) in [5.74, 6) is 2.25. The molecule has 1 aliphatic heterocycles. The molecule has 1 amide bonds. The topological polar surface area (TPSA) is 36.4 Å². The van der Waals surface area contributed by atoms with E-state index in [1.54, 1.807) is 6.20 Å². The van der Waals surface area contributed by atoms with Crippen LogP contribution in [0.4, 0.5) is 0 Å². The van der Waals surface area contributed by atoms with Crippen molar-refractivity contribution in [2.75, 3.05) is 27.2 Å². The molecule has 1 saturated heterocycles. The largest absolute Gasteiger partial charge is 0.315 e. The molecule has 32 heavy (non-hydrogen) atoms. The van der Waals surface area contributed by atoms with Crippen molar-refractivity contribution in [2.24, 2.45) is 28.6 Å². The Bertz CT molecular complexity index is 985. The van der Waals surface area contributed by atoms with E-state index in [0.717, 1.165) is 37.9 Å². The number of carbonyl (C=O) groups excluding carboxylic acids is 1. The Kier molecular flexibility index (Phi) is 5.53. The summed E-state index contributed by atoms with van der Waals surface area (Å²) < 4.78 is 0. The van der Waals surface area contributed by atoms with Gasteiger partial charge in [0.2, 0.25) is 5.91 Å². The van der Waals surface area contributed by atoms with Gasteiger partial charge < -0.3 is 9.80 Å². The second-order valence-electron chi connectivity index (χ2n) is 11.1. The molecule has 0 radical (unpaired) electrons. The van der Waals surface area contributed by atoms with Crippen molar-refractivity contribution in [3.63, 3.8) is 0 Å². The van der Waals surface area contributed by atoms with Crippen LogP contribution in [-0.4, -0.2) is 47.9 Å². The lowest BCUT2D eigenvalue weighted by molar-refractivity contribution is -0.137. The van der Waals surface area contributed by atoms with E-state index < -0.39 is 0 Å². The lowest BCUT2D eigenvalue weighted by Crippen LogP contribution is -2.54. The van der Waals surface area contributed by atoms with Gasteiger partial charge in [-0.05, 0) is 81.0 Å². The fourth-order valence-corrected chi connectivity index (χ4v) is 7.78. The zero-order chi connectivity index (χ0) is 22.7. The summed E-state index contributed by atoms with van der Waals surface area (Å²) in [6.45, 7) is 6.63. The molecule has 5 atom stereocenters. The molecule has 5 heteroatoms. The number of amides is 1. The monoisotopic (exact) mass is 453 g/mol. The van der Waals surface area contributed by atoms with Gasteiger partial charge >= 0.3 is 0 Å². The fraction of sp³-hybridized carbons (Fsp3) is 0.630. The highest BCUT2D eigenvalue weighted by Crippen LogP contribution is 2.66. The number of piperidine rings is 1. The van der Waals surface area contributed by atoms with Gasteiger partial charge in [0.05, 0.1) is 0 Å².